The summed E-state index contributed by atoms with van der Waals surface area (Å²) in [4.78, 5) is 23.0. The van der Waals surface area contributed by atoms with Crippen molar-refractivity contribution in [3.05, 3.63) is 54.1 Å². The van der Waals surface area contributed by atoms with Crippen LogP contribution in [0.4, 0.5) is 16.2 Å². The predicted octanol–water partition coefficient (Wildman–Crippen LogP) is 3.04. The van der Waals surface area contributed by atoms with Gasteiger partial charge >= 0.3 is 12.0 Å². The van der Waals surface area contributed by atoms with Gasteiger partial charge in [-0.15, -0.1) is 0 Å². The molecule has 0 atom stereocenters. The van der Waals surface area contributed by atoms with Gasteiger partial charge in [0.15, 0.2) is 0 Å². The Labute approximate surface area is 121 Å². The van der Waals surface area contributed by atoms with E-state index < -0.39 is 12.0 Å². The van der Waals surface area contributed by atoms with Crippen molar-refractivity contribution in [2.75, 3.05) is 17.7 Å². The maximum absolute atomic E-state index is 11.9. The number of rotatable bonds is 4. The number of hydrogen-bond acceptors (Lipinski definition) is 3. The maximum atomic E-state index is 11.9. The molecule has 0 saturated carbocycles. The smallest absolute Gasteiger partial charge is 0.337 e. The third-order valence-corrected chi connectivity index (χ3v) is 2.73. The summed E-state index contributed by atoms with van der Waals surface area (Å²) in [5.74, 6) is -0.494. The van der Waals surface area contributed by atoms with E-state index in [9.17, 15) is 9.59 Å². The number of carboxylic acids is 1. The fourth-order valence-electron chi connectivity index (χ4n) is 1.76. The largest absolute Gasteiger partial charge is 0.497 e. The number of amides is 2. The normalized spacial score (nSPS) is 9.76. The molecule has 2 aromatic carbocycles. The van der Waals surface area contributed by atoms with E-state index in [4.69, 9.17) is 9.84 Å². The van der Waals surface area contributed by atoms with Crippen LogP contribution in [0.1, 0.15) is 10.4 Å². The summed E-state index contributed by atoms with van der Waals surface area (Å²) in [5, 5.41) is 14.2. The molecule has 0 unspecified atom stereocenters. The number of carboxylic acid groups (broad SMARTS) is 1. The average Bonchev–Trinajstić information content (AvgIpc) is 2.47. The molecular weight excluding hydrogens is 272 g/mol. The fraction of sp³-hybridized carbons (Fsp3) is 0.0667. The Kier molecular flexibility index (Phi) is 4.40. The van der Waals surface area contributed by atoms with Crippen molar-refractivity contribution in [3.63, 3.8) is 0 Å². The number of para-hydroxylation sites is 1. The predicted molar refractivity (Wildman–Crippen MR) is 79.0 cm³/mol. The molecule has 0 bridgehead atoms. The second kappa shape index (κ2) is 6.42. The lowest BCUT2D eigenvalue weighted by Gasteiger charge is -2.10. The van der Waals surface area contributed by atoms with Gasteiger partial charge in [-0.05, 0) is 24.3 Å². The maximum Gasteiger partial charge on any atom is 0.337 e. The van der Waals surface area contributed by atoms with Crippen molar-refractivity contribution in [1.82, 2.24) is 0 Å². The summed E-state index contributed by atoms with van der Waals surface area (Å²) in [7, 11) is 1.53. The number of urea groups is 1. The molecule has 6 nitrogen and oxygen atoms in total. The lowest BCUT2D eigenvalue weighted by molar-refractivity contribution is 0.0698. The number of aromatic carboxylic acids is 1. The number of anilines is 2. The molecule has 21 heavy (non-hydrogen) atoms. The number of benzene rings is 2. The minimum atomic E-state index is -1.10. The Bertz CT molecular complexity index is 670. The van der Waals surface area contributed by atoms with Crippen LogP contribution in [-0.4, -0.2) is 24.2 Å². The molecule has 0 aromatic heterocycles. The van der Waals surface area contributed by atoms with Crippen molar-refractivity contribution >= 4 is 23.4 Å². The molecule has 108 valence electrons. The van der Waals surface area contributed by atoms with Gasteiger partial charge in [0.2, 0.25) is 0 Å². The van der Waals surface area contributed by atoms with Gasteiger partial charge in [-0.25, -0.2) is 9.59 Å². The number of nitrogens with one attached hydrogen (secondary N) is 2. The molecule has 0 heterocycles. The molecule has 2 rings (SSSR count). The molecule has 2 amide bonds. The summed E-state index contributed by atoms with van der Waals surface area (Å²) >= 11 is 0. The lowest BCUT2D eigenvalue weighted by Crippen LogP contribution is -2.20. The van der Waals surface area contributed by atoms with Gasteiger partial charge < -0.3 is 20.5 Å². The summed E-state index contributed by atoms with van der Waals surface area (Å²) in [6.07, 6.45) is 0. The minimum Gasteiger partial charge on any atom is -0.497 e. The zero-order valence-electron chi connectivity index (χ0n) is 11.3. The summed E-state index contributed by atoms with van der Waals surface area (Å²) in [6, 6.07) is 12.5. The number of methoxy groups -OCH3 is 1. The topological polar surface area (TPSA) is 87.7 Å². The number of hydrogen-bond donors (Lipinski definition) is 3. The summed E-state index contributed by atoms with van der Waals surface area (Å²) in [6.45, 7) is 0. The molecule has 0 aliphatic rings. The van der Waals surface area contributed by atoms with E-state index in [0.717, 1.165) is 0 Å². The molecule has 0 aliphatic carbocycles. The van der Waals surface area contributed by atoms with Crippen LogP contribution in [0.3, 0.4) is 0 Å². The quantitative estimate of drug-likeness (QED) is 0.806. The van der Waals surface area contributed by atoms with Gasteiger partial charge in [0.05, 0.1) is 18.4 Å². The summed E-state index contributed by atoms with van der Waals surface area (Å²) < 4.78 is 5.06. The van der Waals surface area contributed by atoms with Gasteiger partial charge in [-0.3, -0.25) is 0 Å². The van der Waals surface area contributed by atoms with E-state index in [0.29, 0.717) is 11.4 Å². The highest BCUT2D eigenvalue weighted by molar-refractivity contribution is 6.04. The monoisotopic (exact) mass is 286 g/mol. The average molecular weight is 286 g/mol. The SMILES string of the molecule is COc1cccc(NC(=O)Nc2ccccc2C(=O)O)c1. The van der Waals surface area contributed by atoms with Crippen LogP contribution < -0.4 is 15.4 Å². The van der Waals surface area contributed by atoms with Crippen LogP contribution in [0.25, 0.3) is 0 Å². The zero-order valence-corrected chi connectivity index (χ0v) is 11.3. The van der Waals surface area contributed by atoms with E-state index in [1.807, 2.05) is 0 Å². The molecule has 0 saturated heterocycles. The molecule has 2 aromatic rings. The third-order valence-electron chi connectivity index (χ3n) is 2.73. The summed E-state index contributed by atoms with van der Waals surface area (Å²) in [5.41, 5.74) is 0.795. The Morgan fingerprint density at radius 2 is 1.81 bits per heavy atom. The van der Waals surface area contributed by atoms with Gasteiger partial charge in [0, 0.05) is 11.8 Å². The standard InChI is InChI=1S/C15H14N2O4/c1-21-11-6-4-5-10(9-11)16-15(20)17-13-8-3-2-7-12(13)14(18)19/h2-9H,1H3,(H,18,19)(H2,16,17,20). The van der Waals surface area contributed by atoms with Crippen molar-refractivity contribution in [2.45, 2.75) is 0 Å². The number of carbonyl (C=O) groups excluding carboxylic acids is 1. The Hall–Kier alpha value is -3.02. The number of carbonyl (C=O) groups is 2. The third kappa shape index (κ3) is 3.73. The minimum absolute atomic E-state index is 0.0262. The first-order valence-electron chi connectivity index (χ1n) is 6.14. The van der Waals surface area contributed by atoms with E-state index in [-0.39, 0.29) is 11.3 Å². The van der Waals surface area contributed by atoms with Gasteiger partial charge in [0.25, 0.3) is 0 Å². The first-order valence-corrected chi connectivity index (χ1v) is 6.14. The van der Waals surface area contributed by atoms with E-state index in [2.05, 4.69) is 10.6 Å². The molecule has 0 aliphatic heterocycles. The molecule has 3 N–H and O–H groups in total. The Balaban J connectivity index is 2.10. The second-order valence-corrected chi connectivity index (χ2v) is 4.16. The van der Waals surface area contributed by atoms with Gasteiger partial charge in [0.1, 0.15) is 5.75 Å². The van der Waals surface area contributed by atoms with Crippen LogP contribution >= 0.6 is 0 Å². The van der Waals surface area contributed by atoms with Crippen LogP contribution in [0, 0.1) is 0 Å². The Morgan fingerprint density at radius 1 is 1.05 bits per heavy atom. The molecular formula is C15H14N2O4. The molecule has 6 heteroatoms. The highest BCUT2D eigenvalue weighted by Crippen LogP contribution is 2.18. The van der Waals surface area contributed by atoms with Gasteiger partial charge in [-0.1, -0.05) is 18.2 Å². The molecule has 0 fully saturated rings. The van der Waals surface area contributed by atoms with Crippen molar-refractivity contribution in [1.29, 1.82) is 0 Å². The molecule has 0 spiro atoms. The van der Waals surface area contributed by atoms with Crippen molar-refractivity contribution < 1.29 is 19.4 Å². The molecule has 0 radical (unpaired) electrons. The van der Waals surface area contributed by atoms with E-state index in [1.165, 1.54) is 19.2 Å². The Morgan fingerprint density at radius 3 is 2.52 bits per heavy atom. The van der Waals surface area contributed by atoms with Crippen LogP contribution in [-0.2, 0) is 0 Å². The lowest BCUT2D eigenvalue weighted by atomic mass is 10.2. The van der Waals surface area contributed by atoms with Crippen LogP contribution in [0.15, 0.2) is 48.5 Å². The van der Waals surface area contributed by atoms with E-state index >= 15 is 0 Å². The van der Waals surface area contributed by atoms with E-state index in [1.54, 1.807) is 36.4 Å². The van der Waals surface area contributed by atoms with Gasteiger partial charge in [-0.2, -0.15) is 0 Å². The zero-order chi connectivity index (χ0) is 15.2. The number of ether oxygens (including phenoxy) is 1. The highest BCUT2D eigenvalue weighted by atomic mass is 16.5. The fourth-order valence-corrected chi connectivity index (χ4v) is 1.76. The van der Waals surface area contributed by atoms with Crippen LogP contribution in [0.5, 0.6) is 5.75 Å². The second-order valence-electron chi connectivity index (χ2n) is 4.16. The van der Waals surface area contributed by atoms with Crippen LogP contribution in [0.2, 0.25) is 0 Å². The van der Waals surface area contributed by atoms with Crippen molar-refractivity contribution in [2.24, 2.45) is 0 Å². The first kappa shape index (κ1) is 14.4. The first-order chi connectivity index (χ1) is 10.1. The highest BCUT2D eigenvalue weighted by Gasteiger charge is 2.11. The van der Waals surface area contributed by atoms with Crippen molar-refractivity contribution in [3.8, 4) is 5.75 Å².